The summed E-state index contributed by atoms with van der Waals surface area (Å²) in [7, 11) is -4.09. The number of aryl methyl sites for hydroxylation is 1. The lowest BCUT2D eigenvalue weighted by molar-refractivity contribution is 0.0981. The van der Waals surface area contributed by atoms with E-state index < -0.39 is 15.9 Å². The number of piperazine rings is 1. The molecule has 6 rings (SSSR count). The topological polar surface area (TPSA) is 108 Å². The normalized spacial score (nSPS) is 14.2. The third kappa shape index (κ3) is 9.76. The number of rotatable bonds is 14. The molecule has 0 spiro atoms. The van der Waals surface area contributed by atoms with Crippen LogP contribution in [0.3, 0.4) is 0 Å². The standard InChI is InChI=1S/C41H44ClN5O3S2/c1-30-27-38(19-20-40(30)44-35(21-22-43)29-51-37-8-3-2-4-9-37)52(49,50)45-41(48)32-13-17-36(18-14-32)47-25-23-46(24-26-47)28-33-7-5-6-10-39(33)31-11-15-34(42)16-12-31/h2-20,27,35,44H,21-26,28-29,43H2,1H3,(H,45,48)/t35-/m1/s1. The van der Waals surface area contributed by atoms with Crippen molar-refractivity contribution in [3.8, 4) is 11.1 Å². The van der Waals surface area contributed by atoms with Gasteiger partial charge in [-0.15, -0.1) is 11.8 Å². The van der Waals surface area contributed by atoms with E-state index in [0.717, 1.165) is 72.4 Å². The van der Waals surface area contributed by atoms with Gasteiger partial charge in [0.25, 0.3) is 15.9 Å². The number of thioether (sulfide) groups is 1. The van der Waals surface area contributed by atoms with Crippen LogP contribution in [0, 0.1) is 6.92 Å². The third-order valence-electron chi connectivity index (χ3n) is 9.24. The number of nitrogens with zero attached hydrogens (tertiary/aromatic N) is 2. The fraction of sp³-hybridized carbons (Fsp3) is 0.244. The molecule has 0 saturated carbocycles. The Hall–Kier alpha value is -4.32. The summed E-state index contributed by atoms with van der Waals surface area (Å²) in [4.78, 5) is 19.0. The summed E-state index contributed by atoms with van der Waals surface area (Å²) >= 11 is 7.86. The van der Waals surface area contributed by atoms with Crippen LogP contribution in [0.2, 0.25) is 5.02 Å². The largest absolute Gasteiger partial charge is 0.381 e. The fourth-order valence-corrected chi connectivity index (χ4v) is 8.51. The minimum Gasteiger partial charge on any atom is -0.381 e. The van der Waals surface area contributed by atoms with Gasteiger partial charge in [-0.3, -0.25) is 9.69 Å². The quantitative estimate of drug-likeness (QED) is 0.0993. The zero-order valence-corrected chi connectivity index (χ0v) is 31.6. The summed E-state index contributed by atoms with van der Waals surface area (Å²) in [5, 5.41) is 4.25. The fourth-order valence-electron chi connectivity index (χ4n) is 6.33. The molecule has 0 radical (unpaired) electrons. The zero-order valence-electron chi connectivity index (χ0n) is 29.2. The number of amides is 1. The predicted octanol–water partition coefficient (Wildman–Crippen LogP) is 7.68. The molecule has 0 aliphatic carbocycles. The smallest absolute Gasteiger partial charge is 0.264 e. The SMILES string of the molecule is Cc1cc(S(=O)(=O)NC(=O)c2ccc(N3CCN(Cc4ccccc4-c4ccc(Cl)cc4)CC3)cc2)ccc1N[C@H](CCN)CSc1ccccc1. The summed E-state index contributed by atoms with van der Waals surface area (Å²) in [6, 6.07) is 38.7. The van der Waals surface area contributed by atoms with Gasteiger partial charge < -0.3 is 16.0 Å². The number of carbonyl (C=O) groups is 1. The maximum atomic E-state index is 13.3. The summed E-state index contributed by atoms with van der Waals surface area (Å²) in [6.45, 7) is 6.70. The zero-order chi connectivity index (χ0) is 36.5. The lowest BCUT2D eigenvalue weighted by atomic mass is 9.99. The Bertz CT molecular complexity index is 2060. The number of hydrogen-bond donors (Lipinski definition) is 3. The van der Waals surface area contributed by atoms with Crippen molar-refractivity contribution in [3.63, 3.8) is 0 Å². The average Bonchev–Trinajstić information content (AvgIpc) is 3.16. The minimum absolute atomic E-state index is 0.0308. The minimum atomic E-state index is -4.09. The predicted molar refractivity (Wildman–Crippen MR) is 215 cm³/mol. The Labute approximate surface area is 316 Å². The van der Waals surface area contributed by atoms with Crippen molar-refractivity contribution in [1.29, 1.82) is 0 Å². The van der Waals surface area contributed by atoms with Crippen molar-refractivity contribution in [2.75, 3.05) is 48.7 Å². The molecule has 1 heterocycles. The molecule has 5 aromatic carbocycles. The van der Waals surface area contributed by atoms with E-state index in [1.54, 1.807) is 36.0 Å². The summed E-state index contributed by atoms with van der Waals surface area (Å²) in [5.74, 6) is 0.142. The van der Waals surface area contributed by atoms with E-state index in [0.29, 0.717) is 6.54 Å². The van der Waals surface area contributed by atoms with Gasteiger partial charge in [0.05, 0.1) is 4.90 Å². The second-order valence-corrected chi connectivity index (χ2v) is 16.1. The molecule has 52 heavy (non-hydrogen) atoms. The number of nitrogens with one attached hydrogen (secondary N) is 2. The molecule has 1 saturated heterocycles. The van der Waals surface area contributed by atoms with E-state index >= 15 is 0 Å². The van der Waals surface area contributed by atoms with Gasteiger partial charge in [0.1, 0.15) is 0 Å². The highest BCUT2D eigenvalue weighted by Crippen LogP contribution is 2.28. The Morgan fingerprint density at radius 3 is 2.25 bits per heavy atom. The second kappa shape index (κ2) is 17.5. The molecule has 270 valence electrons. The molecule has 0 aromatic heterocycles. The number of sulfonamides is 1. The Morgan fingerprint density at radius 2 is 1.56 bits per heavy atom. The van der Waals surface area contributed by atoms with Gasteiger partial charge in [0.15, 0.2) is 0 Å². The van der Waals surface area contributed by atoms with Gasteiger partial charge in [0, 0.05) is 71.4 Å². The van der Waals surface area contributed by atoms with Crippen LogP contribution in [-0.4, -0.2) is 63.7 Å². The summed E-state index contributed by atoms with van der Waals surface area (Å²) in [6.07, 6.45) is 0.769. The first-order valence-electron chi connectivity index (χ1n) is 17.4. The van der Waals surface area contributed by atoms with Gasteiger partial charge in [-0.25, -0.2) is 13.1 Å². The van der Waals surface area contributed by atoms with Gasteiger partial charge in [-0.05, 0) is 109 Å². The van der Waals surface area contributed by atoms with Crippen LogP contribution >= 0.6 is 23.4 Å². The molecule has 1 aliphatic heterocycles. The van der Waals surface area contributed by atoms with Gasteiger partial charge in [-0.1, -0.05) is 66.2 Å². The maximum Gasteiger partial charge on any atom is 0.264 e. The first-order valence-corrected chi connectivity index (χ1v) is 20.3. The number of nitrogens with two attached hydrogens (primary N) is 1. The van der Waals surface area contributed by atoms with E-state index in [2.05, 4.69) is 68.4 Å². The molecule has 1 amide bonds. The van der Waals surface area contributed by atoms with Crippen LogP contribution in [0.1, 0.15) is 27.9 Å². The number of halogens is 1. The molecule has 1 aliphatic rings. The third-order valence-corrected chi connectivity index (χ3v) is 12.0. The molecule has 0 bridgehead atoms. The number of benzene rings is 5. The van der Waals surface area contributed by atoms with Crippen molar-refractivity contribution in [3.05, 3.63) is 143 Å². The highest BCUT2D eigenvalue weighted by molar-refractivity contribution is 7.99. The first kappa shape index (κ1) is 37.4. The Kier molecular flexibility index (Phi) is 12.6. The Morgan fingerprint density at radius 1 is 0.865 bits per heavy atom. The van der Waals surface area contributed by atoms with Crippen LogP contribution in [0.15, 0.2) is 131 Å². The molecular weight excluding hydrogens is 710 g/mol. The number of carbonyl (C=O) groups excluding carboxylic acids is 1. The Balaban J connectivity index is 1.02. The van der Waals surface area contributed by atoms with Crippen LogP contribution in [0.25, 0.3) is 11.1 Å². The van der Waals surface area contributed by atoms with E-state index in [-0.39, 0.29) is 16.5 Å². The van der Waals surface area contributed by atoms with Crippen LogP contribution in [0.4, 0.5) is 11.4 Å². The molecule has 8 nitrogen and oxygen atoms in total. The molecular formula is C41H44ClN5O3S2. The van der Waals surface area contributed by atoms with Crippen LogP contribution < -0.4 is 20.7 Å². The lowest BCUT2D eigenvalue weighted by Gasteiger charge is -2.36. The van der Waals surface area contributed by atoms with Crippen molar-refractivity contribution in [1.82, 2.24) is 9.62 Å². The number of hydrogen-bond acceptors (Lipinski definition) is 8. The summed E-state index contributed by atoms with van der Waals surface area (Å²) < 4.78 is 28.8. The van der Waals surface area contributed by atoms with E-state index in [1.165, 1.54) is 22.1 Å². The highest BCUT2D eigenvalue weighted by atomic mass is 35.5. The molecule has 0 unspecified atom stereocenters. The monoisotopic (exact) mass is 753 g/mol. The molecule has 1 atom stereocenters. The van der Waals surface area contributed by atoms with Crippen molar-refractivity contribution in [2.24, 2.45) is 5.73 Å². The highest BCUT2D eigenvalue weighted by Gasteiger charge is 2.22. The molecule has 1 fully saturated rings. The van der Waals surface area contributed by atoms with Crippen LogP contribution in [0.5, 0.6) is 0 Å². The van der Waals surface area contributed by atoms with Gasteiger partial charge in [0.2, 0.25) is 0 Å². The molecule has 11 heteroatoms. The summed E-state index contributed by atoms with van der Waals surface area (Å²) in [5.41, 5.74) is 12.4. The van der Waals surface area contributed by atoms with Crippen molar-refractivity contribution < 1.29 is 13.2 Å². The van der Waals surface area contributed by atoms with Crippen LogP contribution in [-0.2, 0) is 16.6 Å². The lowest BCUT2D eigenvalue weighted by Crippen LogP contribution is -2.46. The maximum absolute atomic E-state index is 13.3. The molecule has 5 aromatic rings. The number of anilines is 2. The molecule has 4 N–H and O–H groups in total. The first-order chi connectivity index (χ1) is 25.2. The van der Waals surface area contributed by atoms with Gasteiger partial charge in [-0.2, -0.15) is 0 Å². The van der Waals surface area contributed by atoms with Crippen molar-refractivity contribution >= 4 is 50.7 Å². The van der Waals surface area contributed by atoms with E-state index in [1.807, 2.05) is 49.4 Å². The van der Waals surface area contributed by atoms with E-state index in [9.17, 15) is 13.2 Å². The average molecular weight is 754 g/mol. The van der Waals surface area contributed by atoms with E-state index in [4.69, 9.17) is 17.3 Å². The van der Waals surface area contributed by atoms with Crippen molar-refractivity contribution in [2.45, 2.75) is 35.7 Å². The van der Waals surface area contributed by atoms with Gasteiger partial charge >= 0.3 is 0 Å². The second-order valence-electron chi connectivity index (χ2n) is 12.9.